The minimum Gasteiger partial charge on any atom is -0.508 e. The van der Waals surface area contributed by atoms with Crippen LogP contribution in [0.2, 0.25) is 0 Å². The summed E-state index contributed by atoms with van der Waals surface area (Å²) in [6.07, 6.45) is 0. The normalized spacial score (nSPS) is 22.9. The molecule has 1 N–H and O–H groups in total. The van der Waals surface area contributed by atoms with Gasteiger partial charge in [-0.05, 0) is 45.4 Å². The lowest BCUT2D eigenvalue weighted by atomic mass is 9.98. The maximum atomic E-state index is 9.50. The largest absolute Gasteiger partial charge is 0.508 e. The molecule has 0 spiro atoms. The molecular weight excluding hydrogens is 226 g/mol. The molecule has 1 aliphatic heterocycles. The molecule has 2 rings (SSSR count). The number of nitrogens with zero attached hydrogens (tertiary/aromatic N) is 1. The van der Waals surface area contributed by atoms with E-state index in [9.17, 15) is 5.11 Å². The Kier molecular flexibility index (Phi) is 3.39. The number of rotatable bonds is 2. The minimum absolute atomic E-state index is 0.126. The van der Waals surface area contributed by atoms with Crippen molar-refractivity contribution in [1.29, 1.82) is 0 Å². The van der Waals surface area contributed by atoms with E-state index in [4.69, 9.17) is 4.74 Å². The van der Waals surface area contributed by atoms with Crippen LogP contribution in [-0.2, 0) is 11.3 Å². The van der Waals surface area contributed by atoms with Gasteiger partial charge in [-0.2, -0.15) is 0 Å². The maximum Gasteiger partial charge on any atom is 0.115 e. The molecule has 18 heavy (non-hydrogen) atoms. The molecule has 3 heteroatoms. The van der Waals surface area contributed by atoms with Crippen molar-refractivity contribution in [2.24, 2.45) is 0 Å². The Labute approximate surface area is 109 Å². The SMILES string of the molecule is CC1(C)CN(Cc2cccc(O)c2)CC(C)(C)O1. The maximum absolute atomic E-state index is 9.50. The number of phenolic OH excluding ortho intramolecular Hbond substituents is 1. The smallest absolute Gasteiger partial charge is 0.115 e. The Morgan fingerprint density at radius 1 is 1.17 bits per heavy atom. The number of morpholine rings is 1. The first-order valence-electron chi connectivity index (χ1n) is 6.46. The summed E-state index contributed by atoms with van der Waals surface area (Å²) in [5.41, 5.74) is 0.889. The fourth-order valence-corrected chi connectivity index (χ4v) is 2.97. The second-order valence-electron chi connectivity index (χ2n) is 6.44. The van der Waals surface area contributed by atoms with Crippen molar-refractivity contribution in [2.45, 2.75) is 45.4 Å². The lowest BCUT2D eigenvalue weighted by molar-refractivity contribution is -0.182. The van der Waals surface area contributed by atoms with Gasteiger partial charge in [-0.1, -0.05) is 12.1 Å². The molecule has 0 amide bonds. The molecule has 1 aromatic carbocycles. The van der Waals surface area contributed by atoms with Gasteiger partial charge in [-0.25, -0.2) is 0 Å². The summed E-state index contributed by atoms with van der Waals surface area (Å²) in [6, 6.07) is 7.47. The summed E-state index contributed by atoms with van der Waals surface area (Å²) in [5, 5.41) is 9.50. The van der Waals surface area contributed by atoms with Crippen LogP contribution in [0.1, 0.15) is 33.3 Å². The second kappa shape index (κ2) is 4.56. The van der Waals surface area contributed by atoms with E-state index in [-0.39, 0.29) is 11.2 Å². The monoisotopic (exact) mass is 249 g/mol. The van der Waals surface area contributed by atoms with Gasteiger partial charge in [0.2, 0.25) is 0 Å². The first-order valence-corrected chi connectivity index (χ1v) is 6.46. The van der Waals surface area contributed by atoms with Crippen LogP contribution >= 0.6 is 0 Å². The fourth-order valence-electron chi connectivity index (χ4n) is 2.97. The third kappa shape index (κ3) is 3.47. The number of aromatic hydroxyl groups is 1. The highest BCUT2D eigenvalue weighted by atomic mass is 16.5. The molecule has 1 heterocycles. The molecule has 1 aromatic rings. The van der Waals surface area contributed by atoms with Crippen molar-refractivity contribution in [1.82, 2.24) is 4.90 Å². The molecular formula is C15H23NO2. The zero-order valence-electron chi connectivity index (χ0n) is 11.7. The van der Waals surface area contributed by atoms with Gasteiger partial charge in [0.1, 0.15) is 5.75 Å². The van der Waals surface area contributed by atoms with Crippen LogP contribution < -0.4 is 0 Å². The molecule has 1 fully saturated rings. The fraction of sp³-hybridized carbons (Fsp3) is 0.600. The molecule has 0 aliphatic carbocycles. The van der Waals surface area contributed by atoms with Crippen LogP contribution in [0.4, 0.5) is 0 Å². The summed E-state index contributed by atoms with van der Waals surface area (Å²) in [5.74, 6) is 0.333. The molecule has 0 bridgehead atoms. The van der Waals surface area contributed by atoms with Crippen LogP contribution in [0.25, 0.3) is 0 Å². The van der Waals surface area contributed by atoms with Crippen LogP contribution in [0.3, 0.4) is 0 Å². The summed E-state index contributed by atoms with van der Waals surface area (Å²) in [7, 11) is 0. The summed E-state index contributed by atoms with van der Waals surface area (Å²) in [6.45, 7) is 11.2. The lowest BCUT2D eigenvalue weighted by Crippen LogP contribution is -2.56. The van der Waals surface area contributed by atoms with Gasteiger partial charge in [-0.15, -0.1) is 0 Å². The standard InChI is InChI=1S/C15H23NO2/c1-14(2)10-16(11-15(3,4)18-14)9-12-6-5-7-13(17)8-12/h5-8,17H,9-11H2,1-4H3. The number of phenols is 1. The van der Waals surface area contributed by atoms with E-state index < -0.39 is 0 Å². The third-order valence-electron chi connectivity index (χ3n) is 3.08. The van der Waals surface area contributed by atoms with E-state index in [2.05, 4.69) is 38.7 Å². The highest BCUT2D eigenvalue weighted by Gasteiger charge is 2.37. The molecule has 0 unspecified atom stereocenters. The van der Waals surface area contributed by atoms with E-state index in [0.717, 1.165) is 25.2 Å². The first kappa shape index (κ1) is 13.4. The average Bonchev–Trinajstić information content (AvgIpc) is 2.11. The van der Waals surface area contributed by atoms with Gasteiger partial charge in [-0.3, -0.25) is 4.90 Å². The van der Waals surface area contributed by atoms with Crippen LogP contribution in [0, 0.1) is 0 Å². The number of hydrogen-bond acceptors (Lipinski definition) is 3. The molecule has 3 nitrogen and oxygen atoms in total. The van der Waals surface area contributed by atoms with Crippen molar-refractivity contribution in [3.05, 3.63) is 29.8 Å². The van der Waals surface area contributed by atoms with E-state index in [1.165, 1.54) is 0 Å². The van der Waals surface area contributed by atoms with Gasteiger partial charge in [0.25, 0.3) is 0 Å². The number of ether oxygens (including phenoxy) is 1. The first-order chi connectivity index (χ1) is 8.26. The zero-order chi connectivity index (χ0) is 13.4. The Morgan fingerprint density at radius 3 is 2.33 bits per heavy atom. The zero-order valence-corrected chi connectivity index (χ0v) is 11.7. The molecule has 100 valence electrons. The van der Waals surface area contributed by atoms with Gasteiger partial charge in [0, 0.05) is 19.6 Å². The molecule has 0 atom stereocenters. The van der Waals surface area contributed by atoms with Crippen molar-refractivity contribution in [2.75, 3.05) is 13.1 Å². The predicted molar refractivity (Wildman–Crippen MR) is 72.6 cm³/mol. The average molecular weight is 249 g/mol. The van der Waals surface area contributed by atoms with Gasteiger partial charge < -0.3 is 9.84 Å². The highest BCUT2D eigenvalue weighted by Crippen LogP contribution is 2.29. The highest BCUT2D eigenvalue weighted by molar-refractivity contribution is 5.27. The van der Waals surface area contributed by atoms with Crippen molar-refractivity contribution < 1.29 is 9.84 Å². The van der Waals surface area contributed by atoms with E-state index in [1.54, 1.807) is 6.07 Å². The lowest BCUT2D eigenvalue weighted by Gasteiger charge is -2.47. The Hall–Kier alpha value is -1.06. The number of hydrogen-bond donors (Lipinski definition) is 1. The molecule has 0 radical (unpaired) electrons. The predicted octanol–water partition coefficient (Wildman–Crippen LogP) is 2.78. The van der Waals surface area contributed by atoms with Crippen LogP contribution in [0.5, 0.6) is 5.75 Å². The topological polar surface area (TPSA) is 32.7 Å². The van der Waals surface area contributed by atoms with E-state index in [1.807, 2.05) is 12.1 Å². The van der Waals surface area contributed by atoms with Gasteiger partial charge >= 0.3 is 0 Å². The van der Waals surface area contributed by atoms with E-state index >= 15 is 0 Å². The number of benzene rings is 1. The third-order valence-corrected chi connectivity index (χ3v) is 3.08. The molecule has 1 aliphatic rings. The Morgan fingerprint density at radius 2 is 1.78 bits per heavy atom. The Bertz CT molecular complexity index is 410. The van der Waals surface area contributed by atoms with Crippen molar-refractivity contribution in [3.63, 3.8) is 0 Å². The molecule has 0 saturated carbocycles. The van der Waals surface area contributed by atoms with Crippen molar-refractivity contribution in [3.8, 4) is 5.75 Å². The quantitative estimate of drug-likeness (QED) is 0.875. The minimum atomic E-state index is -0.126. The molecule has 1 saturated heterocycles. The van der Waals surface area contributed by atoms with Gasteiger partial charge in [0.05, 0.1) is 11.2 Å². The molecule has 0 aromatic heterocycles. The Balaban J connectivity index is 2.09. The summed E-state index contributed by atoms with van der Waals surface area (Å²) in [4.78, 5) is 2.39. The summed E-state index contributed by atoms with van der Waals surface area (Å²) >= 11 is 0. The van der Waals surface area contributed by atoms with Crippen LogP contribution in [0.15, 0.2) is 24.3 Å². The van der Waals surface area contributed by atoms with Gasteiger partial charge in [0.15, 0.2) is 0 Å². The van der Waals surface area contributed by atoms with Crippen LogP contribution in [-0.4, -0.2) is 34.3 Å². The van der Waals surface area contributed by atoms with E-state index in [0.29, 0.717) is 5.75 Å². The summed E-state index contributed by atoms with van der Waals surface area (Å²) < 4.78 is 6.06. The second-order valence-corrected chi connectivity index (χ2v) is 6.44. The van der Waals surface area contributed by atoms with Crippen molar-refractivity contribution >= 4 is 0 Å².